The molecule has 0 aliphatic heterocycles. The molecular weight excluding hydrogens is 236 g/mol. The summed E-state index contributed by atoms with van der Waals surface area (Å²) in [5.41, 5.74) is 0.719. The second-order valence-electron chi connectivity index (χ2n) is 3.11. The van der Waals surface area contributed by atoms with Crippen LogP contribution in [0, 0.1) is 0 Å². The molecule has 0 atom stereocenters. The fourth-order valence-corrected chi connectivity index (χ4v) is 1.62. The average Bonchev–Trinajstić information content (AvgIpc) is 2.73. The first-order chi connectivity index (χ1) is 7.74. The summed E-state index contributed by atoms with van der Waals surface area (Å²) < 4.78 is 26.9. The second-order valence-corrected chi connectivity index (χ2v) is 3.37. The van der Waals surface area contributed by atoms with Crippen molar-refractivity contribution in [1.29, 1.82) is 0 Å². The largest absolute Gasteiger partial charge is 0.280 e. The van der Waals surface area contributed by atoms with Crippen LogP contribution >= 0.6 is 11.6 Å². The fourth-order valence-electron chi connectivity index (χ4n) is 1.42. The number of hydrogen-bond donors (Lipinski definition) is 0. The summed E-state index contributed by atoms with van der Waals surface area (Å²) in [7, 11) is 0. The Morgan fingerprint density at radius 3 is 2.56 bits per heavy atom. The van der Waals surface area contributed by atoms with Crippen molar-refractivity contribution in [2.45, 2.75) is 12.3 Å². The molecule has 0 radical (unpaired) electrons. The van der Waals surface area contributed by atoms with E-state index in [9.17, 15) is 8.78 Å². The van der Waals surface area contributed by atoms with Gasteiger partial charge in [0.2, 0.25) is 0 Å². The zero-order valence-electron chi connectivity index (χ0n) is 8.15. The van der Waals surface area contributed by atoms with Gasteiger partial charge in [-0.05, 0) is 12.1 Å². The number of pyridine rings is 1. The number of nitrogens with zero attached hydrogens (tertiary/aromatic N) is 3. The van der Waals surface area contributed by atoms with Gasteiger partial charge in [0, 0.05) is 18.0 Å². The summed E-state index contributed by atoms with van der Waals surface area (Å²) in [6, 6.07) is 3.22. The molecule has 0 spiro atoms. The molecule has 0 fully saturated rings. The fraction of sp³-hybridized carbons (Fsp3) is 0.200. The Kier molecular flexibility index (Phi) is 3.14. The maximum absolute atomic E-state index is 12.9. The van der Waals surface area contributed by atoms with Crippen LogP contribution in [0.3, 0.4) is 0 Å². The second kappa shape index (κ2) is 4.57. The highest BCUT2D eigenvalue weighted by atomic mass is 35.5. The van der Waals surface area contributed by atoms with Crippen LogP contribution in [0.2, 0.25) is 0 Å². The van der Waals surface area contributed by atoms with Crippen molar-refractivity contribution in [2.75, 3.05) is 0 Å². The first-order valence-electron chi connectivity index (χ1n) is 4.55. The molecule has 0 bridgehead atoms. The highest BCUT2D eigenvalue weighted by Gasteiger charge is 2.20. The summed E-state index contributed by atoms with van der Waals surface area (Å²) in [5.74, 6) is 0.0186. The van der Waals surface area contributed by atoms with Crippen molar-refractivity contribution in [3.05, 3.63) is 42.0 Å². The number of hydrogen-bond acceptors (Lipinski definition) is 2. The molecule has 0 aliphatic rings. The Balaban J connectivity index is 2.53. The molecule has 2 heterocycles. The van der Waals surface area contributed by atoms with Gasteiger partial charge >= 0.3 is 0 Å². The number of alkyl halides is 3. The maximum Gasteiger partial charge on any atom is 0.280 e. The third-order valence-corrected chi connectivity index (χ3v) is 2.43. The minimum absolute atomic E-state index is 0.0186. The molecule has 0 aliphatic carbocycles. The van der Waals surface area contributed by atoms with E-state index in [1.165, 1.54) is 23.3 Å². The molecule has 84 valence electrons. The van der Waals surface area contributed by atoms with E-state index in [0.29, 0.717) is 11.3 Å². The molecule has 0 N–H and O–H groups in total. The first-order valence-corrected chi connectivity index (χ1v) is 5.08. The van der Waals surface area contributed by atoms with Crippen LogP contribution in [-0.2, 0) is 5.88 Å². The van der Waals surface area contributed by atoms with Gasteiger partial charge in [-0.1, -0.05) is 0 Å². The summed E-state index contributed by atoms with van der Waals surface area (Å²) >= 11 is 5.58. The molecule has 16 heavy (non-hydrogen) atoms. The van der Waals surface area contributed by atoms with Gasteiger partial charge in [0.05, 0.1) is 17.8 Å². The van der Waals surface area contributed by atoms with E-state index >= 15 is 0 Å². The third kappa shape index (κ3) is 1.90. The Morgan fingerprint density at radius 2 is 2.00 bits per heavy atom. The van der Waals surface area contributed by atoms with Crippen molar-refractivity contribution >= 4 is 11.6 Å². The lowest BCUT2D eigenvalue weighted by molar-refractivity contribution is 0.142. The van der Waals surface area contributed by atoms with Crippen molar-refractivity contribution in [3.8, 4) is 5.69 Å². The van der Waals surface area contributed by atoms with Crippen LogP contribution < -0.4 is 0 Å². The molecule has 2 aromatic heterocycles. The standard InChI is InChI=1S/C10H8ClF2N3/c11-5-7-6-15-16(9(7)10(12)13)8-1-3-14-4-2-8/h1-4,6,10H,5H2. The molecule has 2 aromatic rings. The van der Waals surface area contributed by atoms with Crippen molar-refractivity contribution < 1.29 is 8.78 Å². The number of aromatic nitrogens is 3. The molecule has 6 heteroatoms. The molecule has 0 aromatic carbocycles. The zero-order chi connectivity index (χ0) is 11.5. The van der Waals surface area contributed by atoms with E-state index in [1.54, 1.807) is 12.1 Å². The topological polar surface area (TPSA) is 30.7 Å². The van der Waals surface area contributed by atoms with Crippen molar-refractivity contribution in [1.82, 2.24) is 14.8 Å². The van der Waals surface area contributed by atoms with Gasteiger partial charge in [-0.15, -0.1) is 11.6 Å². The summed E-state index contributed by atoms with van der Waals surface area (Å²) in [5, 5.41) is 3.90. The minimum Gasteiger partial charge on any atom is -0.265 e. The minimum atomic E-state index is -2.61. The Labute approximate surface area is 95.7 Å². The van der Waals surface area contributed by atoms with E-state index in [4.69, 9.17) is 11.6 Å². The Bertz CT molecular complexity index is 470. The highest BCUT2D eigenvalue weighted by molar-refractivity contribution is 6.17. The highest BCUT2D eigenvalue weighted by Crippen LogP contribution is 2.26. The zero-order valence-corrected chi connectivity index (χ0v) is 8.90. The van der Waals surface area contributed by atoms with Gasteiger partial charge in [0.1, 0.15) is 5.69 Å². The van der Waals surface area contributed by atoms with Gasteiger partial charge in [-0.25, -0.2) is 13.5 Å². The van der Waals surface area contributed by atoms with E-state index in [1.807, 2.05) is 0 Å². The van der Waals surface area contributed by atoms with Crippen LogP contribution in [0.1, 0.15) is 17.7 Å². The lowest BCUT2D eigenvalue weighted by Gasteiger charge is -2.07. The quantitative estimate of drug-likeness (QED) is 0.776. The summed E-state index contributed by atoms with van der Waals surface area (Å²) in [6.45, 7) is 0. The number of rotatable bonds is 3. The van der Waals surface area contributed by atoms with Gasteiger partial charge in [-0.3, -0.25) is 4.98 Å². The van der Waals surface area contributed by atoms with Gasteiger partial charge in [-0.2, -0.15) is 5.10 Å². The maximum atomic E-state index is 12.9. The van der Waals surface area contributed by atoms with Gasteiger partial charge < -0.3 is 0 Å². The normalized spacial score (nSPS) is 11.0. The lowest BCUT2D eigenvalue weighted by Crippen LogP contribution is -2.03. The van der Waals surface area contributed by atoms with Gasteiger partial charge in [0.15, 0.2) is 0 Å². The first kappa shape index (κ1) is 11.0. The van der Waals surface area contributed by atoms with E-state index in [-0.39, 0.29) is 11.6 Å². The monoisotopic (exact) mass is 243 g/mol. The molecular formula is C10H8ClF2N3. The van der Waals surface area contributed by atoms with Crippen LogP contribution in [0.5, 0.6) is 0 Å². The molecule has 0 saturated carbocycles. The van der Waals surface area contributed by atoms with Crippen LogP contribution in [-0.4, -0.2) is 14.8 Å². The van der Waals surface area contributed by atoms with Crippen LogP contribution in [0.15, 0.2) is 30.7 Å². The van der Waals surface area contributed by atoms with Crippen molar-refractivity contribution in [3.63, 3.8) is 0 Å². The summed E-state index contributed by atoms with van der Waals surface area (Å²) in [6.07, 6.45) is 1.79. The van der Waals surface area contributed by atoms with Crippen LogP contribution in [0.25, 0.3) is 5.69 Å². The average molecular weight is 244 g/mol. The Hall–Kier alpha value is -1.49. The van der Waals surface area contributed by atoms with E-state index < -0.39 is 6.43 Å². The molecule has 0 saturated heterocycles. The molecule has 0 amide bonds. The molecule has 3 nitrogen and oxygen atoms in total. The Morgan fingerprint density at radius 1 is 1.31 bits per heavy atom. The lowest BCUT2D eigenvalue weighted by atomic mass is 10.2. The molecule has 2 rings (SSSR count). The predicted octanol–water partition coefficient (Wildman–Crippen LogP) is 2.94. The summed E-state index contributed by atoms with van der Waals surface area (Å²) in [4.78, 5) is 3.82. The SMILES string of the molecule is FC(F)c1c(CCl)cnn1-c1ccncc1. The van der Waals surface area contributed by atoms with E-state index in [2.05, 4.69) is 10.1 Å². The number of halogens is 3. The van der Waals surface area contributed by atoms with Crippen molar-refractivity contribution in [2.24, 2.45) is 0 Å². The molecule has 0 unspecified atom stereocenters. The predicted molar refractivity (Wildman–Crippen MR) is 55.9 cm³/mol. The van der Waals surface area contributed by atoms with Crippen LogP contribution in [0.4, 0.5) is 8.78 Å². The smallest absolute Gasteiger partial charge is 0.265 e. The van der Waals surface area contributed by atoms with E-state index in [0.717, 1.165) is 0 Å². The third-order valence-electron chi connectivity index (χ3n) is 2.14. The van der Waals surface area contributed by atoms with Gasteiger partial charge in [0.25, 0.3) is 6.43 Å².